The molecule has 1 aliphatic carbocycles. The van der Waals surface area contributed by atoms with Gasteiger partial charge >= 0.3 is 0 Å². The smallest absolute Gasteiger partial charge is 0.227 e. The van der Waals surface area contributed by atoms with Gasteiger partial charge in [-0.2, -0.15) is 0 Å². The maximum absolute atomic E-state index is 12.6. The van der Waals surface area contributed by atoms with Gasteiger partial charge in [0.25, 0.3) is 0 Å². The molecule has 1 aliphatic heterocycles. The number of piperidine rings is 1. The monoisotopic (exact) mass is 316 g/mol. The van der Waals surface area contributed by atoms with E-state index in [0.29, 0.717) is 0 Å². The van der Waals surface area contributed by atoms with Gasteiger partial charge in [0.05, 0.1) is 5.92 Å². The van der Waals surface area contributed by atoms with Gasteiger partial charge in [0.1, 0.15) is 11.9 Å². The molecule has 4 heteroatoms. The van der Waals surface area contributed by atoms with Crippen LogP contribution in [-0.4, -0.2) is 36.0 Å². The van der Waals surface area contributed by atoms with Gasteiger partial charge in [-0.3, -0.25) is 4.79 Å². The number of ether oxygens (including phenoxy) is 1. The van der Waals surface area contributed by atoms with Crippen LogP contribution in [-0.2, 0) is 4.79 Å². The van der Waals surface area contributed by atoms with Crippen LogP contribution in [0.25, 0.3) is 0 Å². The van der Waals surface area contributed by atoms with E-state index in [1.165, 1.54) is 11.1 Å². The van der Waals surface area contributed by atoms with Crippen molar-refractivity contribution in [2.75, 3.05) is 13.1 Å². The van der Waals surface area contributed by atoms with Crippen molar-refractivity contribution in [2.24, 2.45) is 11.7 Å². The molecule has 2 N–H and O–H groups in total. The van der Waals surface area contributed by atoms with Gasteiger partial charge in [0.2, 0.25) is 5.91 Å². The zero-order valence-electron chi connectivity index (χ0n) is 14.3. The zero-order chi connectivity index (χ0) is 16.4. The molecule has 23 heavy (non-hydrogen) atoms. The van der Waals surface area contributed by atoms with Crippen molar-refractivity contribution in [1.82, 2.24) is 4.90 Å². The van der Waals surface area contributed by atoms with Crippen LogP contribution in [0.3, 0.4) is 0 Å². The van der Waals surface area contributed by atoms with Crippen molar-refractivity contribution in [3.05, 3.63) is 29.3 Å². The quantitative estimate of drug-likeness (QED) is 0.933. The number of likely N-dealkylation sites (tertiary alicyclic amines) is 1. The number of hydrogen-bond acceptors (Lipinski definition) is 3. The van der Waals surface area contributed by atoms with Crippen LogP contribution in [0.1, 0.15) is 43.2 Å². The van der Waals surface area contributed by atoms with Crippen LogP contribution in [0.2, 0.25) is 0 Å². The Morgan fingerprint density at radius 3 is 2.57 bits per heavy atom. The SMILES string of the molecule is Cc1ccc(C)c(OC2CCN(C(=O)C3CCCC3N)CC2)c1. The molecule has 0 aromatic heterocycles. The molecule has 4 nitrogen and oxygen atoms in total. The first-order valence-electron chi connectivity index (χ1n) is 8.83. The molecule has 0 radical (unpaired) electrons. The predicted octanol–water partition coefficient (Wildman–Crippen LogP) is 2.80. The van der Waals surface area contributed by atoms with Crippen molar-refractivity contribution in [1.29, 1.82) is 0 Å². The fraction of sp³-hybridized carbons (Fsp3) is 0.632. The second-order valence-electron chi connectivity index (χ2n) is 7.11. The number of amides is 1. The van der Waals surface area contributed by atoms with E-state index in [4.69, 9.17) is 10.5 Å². The Kier molecular flexibility index (Phi) is 4.90. The summed E-state index contributed by atoms with van der Waals surface area (Å²) in [5, 5.41) is 0. The van der Waals surface area contributed by atoms with E-state index in [1.807, 2.05) is 4.90 Å². The molecule has 1 aromatic rings. The van der Waals surface area contributed by atoms with Gasteiger partial charge in [0.15, 0.2) is 0 Å². The lowest BCUT2D eigenvalue weighted by atomic mass is 10.00. The number of nitrogens with two attached hydrogens (primary N) is 1. The molecular formula is C19H28N2O2. The first kappa shape index (κ1) is 16.3. The lowest BCUT2D eigenvalue weighted by Crippen LogP contribution is -2.47. The molecule has 2 aliphatic rings. The average molecular weight is 316 g/mol. The maximum Gasteiger partial charge on any atom is 0.227 e. The number of nitrogens with zero attached hydrogens (tertiary/aromatic N) is 1. The molecule has 1 aromatic carbocycles. The van der Waals surface area contributed by atoms with Gasteiger partial charge in [-0.1, -0.05) is 18.6 Å². The molecule has 1 heterocycles. The Morgan fingerprint density at radius 1 is 1.17 bits per heavy atom. The second kappa shape index (κ2) is 6.91. The molecule has 126 valence electrons. The zero-order valence-corrected chi connectivity index (χ0v) is 14.3. The van der Waals surface area contributed by atoms with Gasteiger partial charge in [-0.25, -0.2) is 0 Å². The van der Waals surface area contributed by atoms with Crippen molar-refractivity contribution < 1.29 is 9.53 Å². The number of carbonyl (C=O) groups is 1. The molecule has 2 atom stereocenters. The molecule has 2 fully saturated rings. The summed E-state index contributed by atoms with van der Waals surface area (Å²) in [6.45, 7) is 5.74. The molecular weight excluding hydrogens is 288 g/mol. The minimum atomic E-state index is 0.0477. The van der Waals surface area contributed by atoms with Gasteiger partial charge in [-0.15, -0.1) is 0 Å². The number of aryl methyl sites for hydroxylation is 2. The van der Waals surface area contributed by atoms with Crippen molar-refractivity contribution in [3.63, 3.8) is 0 Å². The van der Waals surface area contributed by atoms with E-state index in [1.54, 1.807) is 0 Å². The summed E-state index contributed by atoms with van der Waals surface area (Å²) in [6.07, 6.45) is 5.05. The first-order valence-corrected chi connectivity index (χ1v) is 8.83. The molecule has 2 unspecified atom stereocenters. The molecule has 1 saturated heterocycles. The van der Waals surface area contributed by atoms with Crippen LogP contribution in [0.5, 0.6) is 5.75 Å². The van der Waals surface area contributed by atoms with Crippen LogP contribution < -0.4 is 10.5 Å². The first-order chi connectivity index (χ1) is 11.0. The Morgan fingerprint density at radius 2 is 1.91 bits per heavy atom. The minimum Gasteiger partial charge on any atom is -0.490 e. The summed E-state index contributed by atoms with van der Waals surface area (Å²) in [4.78, 5) is 14.6. The van der Waals surface area contributed by atoms with E-state index in [-0.39, 0.29) is 24.0 Å². The topological polar surface area (TPSA) is 55.6 Å². The van der Waals surface area contributed by atoms with Crippen LogP contribution in [0.15, 0.2) is 18.2 Å². The summed E-state index contributed by atoms with van der Waals surface area (Å²) in [6, 6.07) is 6.37. The Bertz CT molecular complexity index is 564. The standard InChI is InChI=1S/C19H28N2O2/c1-13-6-7-14(2)18(12-13)23-15-8-10-21(11-9-15)19(22)16-4-3-5-17(16)20/h6-7,12,15-17H,3-5,8-11,20H2,1-2H3. The highest BCUT2D eigenvalue weighted by atomic mass is 16.5. The van der Waals surface area contributed by atoms with Crippen LogP contribution >= 0.6 is 0 Å². The Hall–Kier alpha value is -1.55. The molecule has 1 saturated carbocycles. The number of carbonyl (C=O) groups excluding carboxylic acids is 1. The highest BCUT2D eigenvalue weighted by Gasteiger charge is 2.35. The third-order valence-corrected chi connectivity index (χ3v) is 5.28. The Balaban J connectivity index is 1.54. The fourth-order valence-corrected chi connectivity index (χ4v) is 3.74. The van der Waals surface area contributed by atoms with E-state index in [9.17, 15) is 4.79 Å². The van der Waals surface area contributed by atoms with Gasteiger partial charge < -0.3 is 15.4 Å². The fourth-order valence-electron chi connectivity index (χ4n) is 3.74. The van der Waals surface area contributed by atoms with Crippen LogP contribution in [0.4, 0.5) is 0 Å². The maximum atomic E-state index is 12.6. The van der Waals surface area contributed by atoms with E-state index in [0.717, 1.165) is 50.9 Å². The largest absolute Gasteiger partial charge is 0.490 e. The molecule has 3 rings (SSSR count). The highest BCUT2D eigenvalue weighted by Crippen LogP contribution is 2.28. The van der Waals surface area contributed by atoms with Crippen molar-refractivity contribution in [2.45, 2.75) is 58.1 Å². The number of hydrogen-bond donors (Lipinski definition) is 1. The summed E-state index contributed by atoms with van der Waals surface area (Å²) < 4.78 is 6.18. The number of benzene rings is 1. The average Bonchev–Trinajstić information content (AvgIpc) is 2.97. The second-order valence-corrected chi connectivity index (χ2v) is 7.11. The Labute approximate surface area is 139 Å². The van der Waals surface area contributed by atoms with Crippen LogP contribution in [0, 0.1) is 19.8 Å². The molecule has 0 bridgehead atoms. The summed E-state index contributed by atoms with van der Waals surface area (Å²) in [5.74, 6) is 1.29. The normalized spacial score (nSPS) is 25.6. The van der Waals surface area contributed by atoms with Crippen molar-refractivity contribution in [3.8, 4) is 5.75 Å². The van der Waals surface area contributed by atoms with E-state index >= 15 is 0 Å². The summed E-state index contributed by atoms with van der Waals surface area (Å²) in [7, 11) is 0. The lowest BCUT2D eigenvalue weighted by Gasteiger charge is -2.34. The van der Waals surface area contributed by atoms with Crippen molar-refractivity contribution >= 4 is 5.91 Å². The van der Waals surface area contributed by atoms with E-state index < -0.39 is 0 Å². The minimum absolute atomic E-state index is 0.0477. The third-order valence-electron chi connectivity index (χ3n) is 5.28. The van der Waals surface area contributed by atoms with Gasteiger partial charge in [0, 0.05) is 32.0 Å². The third kappa shape index (κ3) is 3.69. The molecule has 1 amide bonds. The highest BCUT2D eigenvalue weighted by molar-refractivity contribution is 5.80. The van der Waals surface area contributed by atoms with Gasteiger partial charge in [-0.05, 0) is 43.9 Å². The summed E-state index contributed by atoms with van der Waals surface area (Å²) >= 11 is 0. The van der Waals surface area contributed by atoms with E-state index in [2.05, 4.69) is 32.0 Å². The summed E-state index contributed by atoms with van der Waals surface area (Å²) in [5.41, 5.74) is 8.46. The molecule has 0 spiro atoms. The predicted molar refractivity (Wildman–Crippen MR) is 91.5 cm³/mol. The lowest BCUT2D eigenvalue weighted by molar-refractivity contribution is -0.137. The number of rotatable bonds is 3.